The summed E-state index contributed by atoms with van der Waals surface area (Å²) in [5, 5.41) is 2.84. The van der Waals surface area contributed by atoms with Gasteiger partial charge in [-0.25, -0.2) is 4.79 Å². The Kier molecular flexibility index (Phi) is 5.33. The van der Waals surface area contributed by atoms with Gasteiger partial charge in [0.2, 0.25) is 0 Å². The molecule has 2 saturated heterocycles. The van der Waals surface area contributed by atoms with Crippen LogP contribution in [0.2, 0.25) is 0 Å². The summed E-state index contributed by atoms with van der Waals surface area (Å²) in [4.78, 5) is 41.7. The monoisotopic (exact) mass is 405 g/mol. The molecule has 0 spiro atoms. The number of carbonyl (C=O) groups is 3. The largest absolute Gasteiger partial charge is 0.339 e. The molecule has 2 heterocycles. The van der Waals surface area contributed by atoms with Gasteiger partial charge in [0.1, 0.15) is 5.54 Å². The van der Waals surface area contributed by atoms with Crippen LogP contribution in [0.5, 0.6) is 0 Å². The molecule has 2 aromatic rings. The van der Waals surface area contributed by atoms with Crippen molar-refractivity contribution in [3.63, 3.8) is 0 Å². The first-order chi connectivity index (χ1) is 14.4. The van der Waals surface area contributed by atoms with Crippen LogP contribution in [-0.2, 0) is 16.9 Å². The Morgan fingerprint density at radius 3 is 2.43 bits per heavy atom. The van der Waals surface area contributed by atoms with Gasteiger partial charge >= 0.3 is 6.03 Å². The minimum Gasteiger partial charge on any atom is -0.339 e. The number of imide groups is 1. The summed E-state index contributed by atoms with van der Waals surface area (Å²) in [5.41, 5.74) is 2.11. The average molecular weight is 405 g/mol. The summed E-state index contributed by atoms with van der Waals surface area (Å²) >= 11 is 0. The van der Waals surface area contributed by atoms with E-state index >= 15 is 0 Å². The number of piperidine rings is 1. The lowest BCUT2D eigenvalue weighted by Gasteiger charge is -2.27. The minimum atomic E-state index is -1.09. The first-order valence-electron chi connectivity index (χ1n) is 10.5. The molecule has 2 fully saturated rings. The maximum absolute atomic E-state index is 13.2. The van der Waals surface area contributed by atoms with E-state index in [-0.39, 0.29) is 18.4 Å². The maximum Gasteiger partial charge on any atom is 0.325 e. The van der Waals surface area contributed by atoms with Gasteiger partial charge in [0.25, 0.3) is 11.8 Å². The van der Waals surface area contributed by atoms with Crippen LogP contribution < -0.4 is 5.32 Å². The molecule has 0 aromatic heterocycles. The summed E-state index contributed by atoms with van der Waals surface area (Å²) in [6.45, 7) is 5.41. The Labute approximate surface area is 176 Å². The molecule has 2 aliphatic heterocycles. The summed E-state index contributed by atoms with van der Waals surface area (Å²) in [7, 11) is 0. The number of nitrogens with one attached hydrogen (secondary N) is 1. The Morgan fingerprint density at radius 1 is 1.03 bits per heavy atom. The number of nitrogens with zero attached hydrogens (tertiary/aromatic N) is 2. The normalized spacial score (nSPS) is 21.7. The van der Waals surface area contributed by atoms with Gasteiger partial charge in [-0.1, -0.05) is 42.0 Å². The minimum absolute atomic E-state index is 0.0123. The second-order valence-corrected chi connectivity index (χ2v) is 8.37. The topological polar surface area (TPSA) is 69.7 Å². The Morgan fingerprint density at radius 2 is 1.73 bits per heavy atom. The van der Waals surface area contributed by atoms with Crippen molar-refractivity contribution in [1.82, 2.24) is 15.1 Å². The number of aryl methyl sites for hydroxylation is 1. The highest BCUT2D eigenvalue weighted by Crippen LogP contribution is 2.30. The molecule has 0 bridgehead atoms. The van der Waals surface area contributed by atoms with Gasteiger partial charge in [-0.05, 0) is 56.4 Å². The van der Waals surface area contributed by atoms with E-state index in [4.69, 9.17) is 0 Å². The van der Waals surface area contributed by atoms with Crippen molar-refractivity contribution in [3.05, 3.63) is 70.8 Å². The summed E-state index contributed by atoms with van der Waals surface area (Å²) in [6, 6.07) is 14.4. The molecule has 0 radical (unpaired) electrons. The Balaban J connectivity index is 1.53. The number of carbonyl (C=O) groups excluding carboxylic acids is 3. The van der Waals surface area contributed by atoms with Gasteiger partial charge in [0.15, 0.2) is 0 Å². The zero-order valence-corrected chi connectivity index (χ0v) is 17.5. The SMILES string of the molecule is Cc1ccc(C2(C)NC(=O)N(Cc3cccc(C(=O)N4CCCCC4)c3)C2=O)cc1. The molecular formula is C24H27N3O3. The highest BCUT2D eigenvalue weighted by Gasteiger charge is 2.48. The zero-order valence-electron chi connectivity index (χ0n) is 17.5. The smallest absolute Gasteiger partial charge is 0.325 e. The van der Waals surface area contributed by atoms with Crippen molar-refractivity contribution >= 4 is 17.8 Å². The van der Waals surface area contributed by atoms with Crippen LogP contribution in [0.15, 0.2) is 48.5 Å². The molecule has 30 heavy (non-hydrogen) atoms. The second kappa shape index (κ2) is 7.94. The van der Waals surface area contributed by atoms with Crippen molar-refractivity contribution in [1.29, 1.82) is 0 Å². The van der Waals surface area contributed by atoms with E-state index in [9.17, 15) is 14.4 Å². The van der Waals surface area contributed by atoms with Crippen molar-refractivity contribution in [2.75, 3.05) is 13.1 Å². The first kappa shape index (κ1) is 20.1. The standard InChI is InChI=1S/C24H27N3O3/c1-17-9-11-20(12-10-17)24(2)22(29)27(23(30)25-24)16-18-7-6-8-19(15-18)21(28)26-13-4-3-5-14-26/h6-12,15H,3-5,13-14,16H2,1-2H3,(H,25,30). The second-order valence-electron chi connectivity index (χ2n) is 8.37. The van der Waals surface area contributed by atoms with E-state index in [1.165, 1.54) is 4.90 Å². The van der Waals surface area contributed by atoms with Crippen molar-refractivity contribution in [2.24, 2.45) is 0 Å². The maximum atomic E-state index is 13.2. The number of likely N-dealkylation sites (tertiary alicyclic amines) is 1. The molecule has 6 heteroatoms. The van der Waals surface area contributed by atoms with Crippen LogP contribution in [0, 0.1) is 6.92 Å². The van der Waals surface area contributed by atoms with E-state index in [0.29, 0.717) is 5.56 Å². The van der Waals surface area contributed by atoms with Crippen LogP contribution in [-0.4, -0.2) is 40.7 Å². The lowest BCUT2D eigenvalue weighted by Crippen LogP contribution is -2.40. The van der Waals surface area contributed by atoms with Gasteiger partial charge in [-0.3, -0.25) is 14.5 Å². The van der Waals surface area contributed by atoms with E-state index in [1.54, 1.807) is 19.1 Å². The number of rotatable bonds is 4. The highest BCUT2D eigenvalue weighted by atomic mass is 16.2. The first-order valence-corrected chi connectivity index (χ1v) is 10.5. The van der Waals surface area contributed by atoms with Crippen molar-refractivity contribution in [3.8, 4) is 0 Å². The number of hydrogen-bond acceptors (Lipinski definition) is 3. The van der Waals surface area contributed by atoms with E-state index in [1.807, 2.05) is 48.2 Å². The fourth-order valence-electron chi connectivity index (χ4n) is 4.19. The van der Waals surface area contributed by atoms with Crippen molar-refractivity contribution in [2.45, 2.75) is 45.2 Å². The van der Waals surface area contributed by atoms with Crippen LogP contribution in [0.3, 0.4) is 0 Å². The van der Waals surface area contributed by atoms with Crippen LogP contribution in [0.25, 0.3) is 0 Å². The zero-order chi connectivity index (χ0) is 21.3. The third-order valence-corrected chi connectivity index (χ3v) is 6.06. The lowest BCUT2D eigenvalue weighted by molar-refractivity contribution is -0.131. The summed E-state index contributed by atoms with van der Waals surface area (Å²) in [6.07, 6.45) is 3.23. The molecule has 0 aliphatic carbocycles. The van der Waals surface area contributed by atoms with Gasteiger partial charge in [-0.15, -0.1) is 0 Å². The fraction of sp³-hybridized carbons (Fsp3) is 0.375. The molecule has 1 N–H and O–H groups in total. The molecule has 1 atom stereocenters. The predicted octanol–water partition coefficient (Wildman–Crippen LogP) is 3.59. The molecule has 1 unspecified atom stereocenters. The van der Waals surface area contributed by atoms with Gasteiger partial charge < -0.3 is 10.2 Å². The number of amides is 4. The van der Waals surface area contributed by atoms with Gasteiger partial charge in [0.05, 0.1) is 6.54 Å². The summed E-state index contributed by atoms with van der Waals surface area (Å²) in [5.74, 6) is -0.276. The van der Waals surface area contributed by atoms with Gasteiger partial charge in [0, 0.05) is 18.7 Å². The van der Waals surface area contributed by atoms with E-state index < -0.39 is 11.6 Å². The lowest BCUT2D eigenvalue weighted by atomic mass is 9.91. The third-order valence-electron chi connectivity index (χ3n) is 6.06. The van der Waals surface area contributed by atoms with E-state index in [0.717, 1.165) is 49.0 Å². The fourth-order valence-corrected chi connectivity index (χ4v) is 4.19. The van der Waals surface area contributed by atoms with Gasteiger partial charge in [-0.2, -0.15) is 0 Å². The number of benzene rings is 2. The molecule has 2 aromatic carbocycles. The third kappa shape index (κ3) is 3.70. The molecule has 6 nitrogen and oxygen atoms in total. The van der Waals surface area contributed by atoms with Crippen molar-refractivity contribution < 1.29 is 14.4 Å². The molecule has 2 aliphatic rings. The molecule has 4 amide bonds. The van der Waals surface area contributed by atoms with Crippen LogP contribution >= 0.6 is 0 Å². The molecule has 156 valence electrons. The average Bonchev–Trinajstić information content (AvgIpc) is 2.98. The number of hydrogen-bond donors (Lipinski definition) is 1. The Hall–Kier alpha value is -3.15. The van der Waals surface area contributed by atoms with Crippen LogP contribution in [0.1, 0.15) is 53.2 Å². The predicted molar refractivity (Wildman–Crippen MR) is 114 cm³/mol. The molecule has 0 saturated carbocycles. The quantitative estimate of drug-likeness (QED) is 0.791. The molecular weight excluding hydrogens is 378 g/mol. The van der Waals surface area contributed by atoms with E-state index in [2.05, 4.69) is 5.32 Å². The summed E-state index contributed by atoms with van der Waals surface area (Å²) < 4.78 is 0. The number of urea groups is 1. The Bertz CT molecular complexity index is 979. The highest BCUT2D eigenvalue weighted by molar-refractivity contribution is 6.07. The molecule has 4 rings (SSSR count). The van der Waals surface area contributed by atoms with Crippen LogP contribution in [0.4, 0.5) is 4.79 Å².